The van der Waals surface area contributed by atoms with Crippen molar-refractivity contribution in [3.05, 3.63) is 23.8 Å². The molecule has 0 aromatic heterocycles. The Balaban J connectivity index is 2.33. The first-order chi connectivity index (χ1) is 11.0. The molecule has 1 amide bonds. The Bertz CT molecular complexity index is 535. The number of amides is 1. The van der Waals surface area contributed by atoms with Crippen LogP contribution in [0.3, 0.4) is 0 Å². The second kappa shape index (κ2) is 9.89. The Morgan fingerprint density at radius 1 is 1.17 bits per heavy atom. The lowest BCUT2D eigenvalue weighted by atomic mass is 10.1. The molecular weight excluding hydrogens is 314 g/mol. The van der Waals surface area contributed by atoms with Crippen LogP contribution in [0.25, 0.3) is 0 Å². The van der Waals surface area contributed by atoms with Crippen LogP contribution in [-0.2, 0) is 11.2 Å². The van der Waals surface area contributed by atoms with Crippen LogP contribution in [0, 0.1) is 5.92 Å². The summed E-state index contributed by atoms with van der Waals surface area (Å²) in [5.41, 5.74) is 6.36. The average molecular weight is 339 g/mol. The molecule has 0 saturated heterocycles. The van der Waals surface area contributed by atoms with Crippen LogP contribution in [0.4, 0.5) is 0 Å². The summed E-state index contributed by atoms with van der Waals surface area (Å²) in [4.78, 5) is 11.5. The summed E-state index contributed by atoms with van der Waals surface area (Å²) in [6.45, 7) is 4.61. The van der Waals surface area contributed by atoms with Crippen molar-refractivity contribution in [3.63, 3.8) is 0 Å². The Morgan fingerprint density at radius 3 is 2.48 bits per heavy atom. The van der Waals surface area contributed by atoms with Gasteiger partial charge in [0.15, 0.2) is 16.6 Å². The summed E-state index contributed by atoms with van der Waals surface area (Å²) < 4.78 is 10.5. The van der Waals surface area contributed by atoms with Crippen LogP contribution in [-0.4, -0.2) is 31.8 Å². The molecule has 1 aromatic carbocycles. The molecule has 128 valence electrons. The molecule has 0 aliphatic rings. The smallest absolute Gasteiger partial charge is 0.238 e. The molecule has 0 bridgehead atoms. The minimum Gasteiger partial charge on any atom is -0.493 e. The standard InChI is InChI=1S/C16H25N3O3S/c1-11(2)9-15(20)18-19-16(23)17-8-7-12-5-6-13(21-3)14(10-12)22-4/h5-6,10-11H,7-9H2,1-4H3,(H,18,20)(H2,17,19,23). The second-order valence-corrected chi connectivity index (χ2v) is 5.87. The van der Waals surface area contributed by atoms with E-state index in [-0.39, 0.29) is 5.91 Å². The van der Waals surface area contributed by atoms with Crippen LogP contribution < -0.4 is 25.6 Å². The maximum absolute atomic E-state index is 11.5. The van der Waals surface area contributed by atoms with E-state index in [0.29, 0.717) is 35.5 Å². The van der Waals surface area contributed by atoms with Crippen molar-refractivity contribution in [1.29, 1.82) is 0 Å². The zero-order valence-electron chi connectivity index (χ0n) is 14.1. The summed E-state index contributed by atoms with van der Waals surface area (Å²) in [5, 5.41) is 3.43. The number of rotatable bonds is 7. The second-order valence-electron chi connectivity index (χ2n) is 5.47. The maximum Gasteiger partial charge on any atom is 0.238 e. The Labute approximate surface area is 142 Å². The number of hydrazine groups is 1. The molecular formula is C16H25N3O3S. The number of hydrogen-bond donors (Lipinski definition) is 3. The third-order valence-corrected chi connectivity index (χ3v) is 3.30. The van der Waals surface area contributed by atoms with Crippen molar-refractivity contribution in [3.8, 4) is 11.5 Å². The Kier molecular flexibility index (Phi) is 8.18. The van der Waals surface area contributed by atoms with Gasteiger partial charge in [0.2, 0.25) is 5.91 Å². The van der Waals surface area contributed by atoms with Crippen LogP contribution in [0.1, 0.15) is 25.8 Å². The zero-order valence-corrected chi connectivity index (χ0v) is 14.9. The lowest BCUT2D eigenvalue weighted by Gasteiger charge is -2.13. The lowest BCUT2D eigenvalue weighted by Crippen LogP contribution is -2.47. The molecule has 0 aliphatic carbocycles. The fourth-order valence-electron chi connectivity index (χ4n) is 1.95. The molecule has 1 aromatic rings. The van der Waals surface area contributed by atoms with E-state index in [1.54, 1.807) is 14.2 Å². The molecule has 3 N–H and O–H groups in total. The highest BCUT2D eigenvalue weighted by atomic mass is 32.1. The molecule has 0 heterocycles. The van der Waals surface area contributed by atoms with Gasteiger partial charge < -0.3 is 14.8 Å². The van der Waals surface area contributed by atoms with Crippen molar-refractivity contribution in [2.75, 3.05) is 20.8 Å². The normalized spacial score (nSPS) is 10.1. The highest BCUT2D eigenvalue weighted by molar-refractivity contribution is 7.80. The van der Waals surface area contributed by atoms with Gasteiger partial charge in [-0.25, -0.2) is 0 Å². The molecule has 7 heteroatoms. The third-order valence-electron chi connectivity index (χ3n) is 3.06. The van der Waals surface area contributed by atoms with Crippen LogP contribution in [0.5, 0.6) is 11.5 Å². The highest BCUT2D eigenvalue weighted by Gasteiger charge is 2.06. The summed E-state index contributed by atoms with van der Waals surface area (Å²) in [7, 11) is 3.22. The minimum atomic E-state index is -0.0796. The van der Waals surface area contributed by atoms with E-state index in [2.05, 4.69) is 16.2 Å². The van der Waals surface area contributed by atoms with Crippen LogP contribution in [0.15, 0.2) is 18.2 Å². The summed E-state index contributed by atoms with van der Waals surface area (Å²) in [5.74, 6) is 1.63. The number of carbonyl (C=O) groups is 1. The average Bonchev–Trinajstić information content (AvgIpc) is 2.52. The first-order valence-corrected chi connectivity index (χ1v) is 7.90. The lowest BCUT2D eigenvalue weighted by molar-refractivity contribution is -0.122. The van der Waals surface area contributed by atoms with E-state index in [4.69, 9.17) is 21.7 Å². The summed E-state index contributed by atoms with van der Waals surface area (Å²) in [6, 6.07) is 5.78. The predicted octanol–water partition coefficient (Wildman–Crippen LogP) is 1.79. The zero-order chi connectivity index (χ0) is 17.2. The third kappa shape index (κ3) is 7.19. The van der Waals surface area contributed by atoms with E-state index in [0.717, 1.165) is 12.0 Å². The number of nitrogens with one attached hydrogen (secondary N) is 3. The number of thiocarbonyl (C=S) groups is 1. The van der Waals surface area contributed by atoms with Gasteiger partial charge in [0.25, 0.3) is 0 Å². The molecule has 23 heavy (non-hydrogen) atoms. The van der Waals surface area contributed by atoms with Crippen LogP contribution in [0.2, 0.25) is 0 Å². The van der Waals surface area contributed by atoms with Crippen molar-refractivity contribution in [2.45, 2.75) is 26.7 Å². The Hall–Kier alpha value is -2.02. The molecule has 0 spiro atoms. The minimum absolute atomic E-state index is 0.0796. The molecule has 0 aliphatic heterocycles. The van der Waals surface area contributed by atoms with Gasteiger partial charge in [-0.15, -0.1) is 0 Å². The molecule has 0 unspecified atom stereocenters. The monoisotopic (exact) mass is 339 g/mol. The highest BCUT2D eigenvalue weighted by Crippen LogP contribution is 2.27. The van der Waals surface area contributed by atoms with E-state index in [1.165, 1.54) is 0 Å². The topological polar surface area (TPSA) is 71.6 Å². The molecule has 0 fully saturated rings. The maximum atomic E-state index is 11.5. The molecule has 0 radical (unpaired) electrons. The first kappa shape index (κ1) is 19.0. The fourth-order valence-corrected chi connectivity index (χ4v) is 2.10. The van der Waals surface area contributed by atoms with E-state index in [9.17, 15) is 4.79 Å². The van der Waals surface area contributed by atoms with Crippen molar-refractivity contribution >= 4 is 23.2 Å². The van der Waals surface area contributed by atoms with Gasteiger partial charge in [-0.05, 0) is 42.3 Å². The summed E-state index contributed by atoms with van der Waals surface area (Å²) >= 11 is 5.11. The largest absolute Gasteiger partial charge is 0.493 e. The molecule has 0 atom stereocenters. The number of methoxy groups -OCH3 is 2. The van der Waals surface area contributed by atoms with Crippen molar-refractivity contribution in [1.82, 2.24) is 16.2 Å². The number of ether oxygens (including phenoxy) is 2. The van der Waals surface area contributed by atoms with Gasteiger partial charge in [0.1, 0.15) is 0 Å². The SMILES string of the molecule is COc1ccc(CCNC(=S)NNC(=O)CC(C)C)cc1OC. The van der Waals surface area contributed by atoms with Gasteiger partial charge in [0.05, 0.1) is 14.2 Å². The number of benzene rings is 1. The van der Waals surface area contributed by atoms with Crippen molar-refractivity contribution in [2.24, 2.45) is 5.92 Å². The van der Waals surface area contributed by atoms with Gasteiger partial charge in [-0.1, -0.05) is 19.9 Å². The van der Waals surface area contributed by atoms with E-state index in [1.807, 2.05) is 32.0 Å². The molecule has 6 nitrogen and oxygen atoms in total. The number of hydrogen-bond acceptors (Lipinski definition) is 4. The quantitative estimate of drug-likeness (QED) is 0.520. The van der Waals surface area contributed by atoms with Crippen LogP contribution >= 0.6 is 12.2 Å². The number of carbonyl (C=O) groups excluding carboxylic acids is 1. The fraction of sp³-hybridized carbons (Fsp3) is 0.500. The van der Waals surface area contributed by atoms with E-state index >= 15 is 0 Å². The van der Waals surface area contributed by atoms with E-state index < -0.39 is 0 Å². The predicted molar refractivity (Wildman–Crippen MR) is 94.6 cm³/mol. The van der Waals surface area contributed by atoms with Gasteiger partial charge >= 0.3 is 0 Å². The van der Waals surface area contributed by atoms with Gasteiger partial charge in [-0.3, -0.25) is 15.6 Å². The van der Waals surface area contributed by atoms with Gasteiger partial charge in [0, 0.05) is 13.0 Å². The molecule has 0 saturated carbocycles. The Morgan fingerprint density at radius 2 is 1.87 bits per heavy atom. The van der Waals surface area contributed by atoms with Gasteiger partial charge in [-0.2, -0.15) is 0 Å². The molecule has 1 rings (SSSR count). The van der Waals surface area contributed by atoms with Crippen molar-refractivity contribution < 1.29 is 14.3 Å². The first-order valence-electron chi connectivity index (χ1n) is 7.49. The summed E-state index contributed by atoms with van der Waals surface area (Å²) in [6.07, 6.45) is 1.23.